The summed E-state index contributed by atoms with van der Waals surface area (Å²) in [6, 6.07) is 20.0. The molecule has 0 aliphatic carbocycles. The number of carbonyl (C=O) groups excluding carboxylic acids is 1. The maximum atomic E-state index is 14.4. The van der Waals surface area contributed by atoms with Crippen LogP contribution in [0.4, 0.5) is 17.6 Å². The average Bonchev–Trinajstić information content (AvgIpc) is 3.32. The number of H-pyrrole nitrogens is 1. The molecule has 0 saturated heterocycles. The number of ether oxygens (including phenoxy) is 1. The molecule has 0 aliphatic rings. The van der Waals surface area contributed by atoms with Crippen LogP contribution in [-0.2, 0) is 4.79 Å². The number of aromatic nitrogens is 2. The highest BCUT2D eigenvalue weighted by Gasteiger charge is 2.31. The Morgan fingerprint density at radius 2 is 1.66 bits per heavy atom. The van der Waals surface area contributed by atoms with Crippen LogP contribution in [0.2, 0.25) is 0 Å². The van der Waals surface area contributed by atoms with Gasteiger partial charge in [0.25, 0.3) is 0 Å². The fraction of sp³-hybridized carbons (Fsp3) is 0.290. The number of amides is 1. The Hall–Kier alpha value is -4.18. The number of nitrogens with one attached hydrogen (secondary N) is 2. The number of hydrogen-bond donors (Lipinski definition) is 2. The van der Waals surface area contributed by atoms with Gasteiger partial charge in [-0.3, -0.25) is 9.89 Å². The van der Waals surface area contributed by atoms with Crippen LogP contribution in [0.5, 0.6) is 5.75 Å². The summed E-state index contributed by atoms with van der Waals surface area (Å²) in [6.07, 6.45) is -4.45. The summed E-state index contributed by atoms with van der Waals surface area (Å²) in [7, 11) is 3.45. The van der Waals surface area contributed by atoms with Crippen molar-refractivity contribution in [1.82, 2.24) is 20.4 Å². The second-order valence-corrected chi connectivity index (χ2v) is 9.80. The molecular weight excluding hydrogens is 536 g/mol. The van der Waals surface area contributed by atoms with Crippen LogP contribution < -0.4 is 10.1 Å². The van der Waals surface area contributed by atoms with Gasteiger partial charge in [0.2, 0.25) is 11.9 Å². The van der Waals surface area contributed by atoms with Gasteiger partial charge in [0, 0.05) is 27.1 Å². The Morgan fingerprint density at radius 1 is 0.951 bits per heavy atom. The van der Waals surface area contributed by atoms with E-state index in [2.05, 4.69) is 15.5 Å². The molecule has 0 atom stereocenters. The van der Waals surface area contributed by atoms with E-state index < -0.39 is 18.5 Å². The molecule has 4 aromatic rings. The van der Waals surface area contributed by atoms with E-state index in [1.54, 1.807) is 85.7 Å². The van der Waals surface area contributed by atoms with Crippen LogP contribution in [0.15, 0.2) is 72.8 Å². The van der Waals surface area contributed by atoms with Gasteiger partial charge >= 0.3 is 6.18 Å². The molecule has 10 heteroatoms. The summed E-state index contributed by atoms with van der Waals surface area (Å²) in [5, 5.41) is 9.60. The molecule has 2 N–H and O–H groups in total. The Balaban J connectivity index is 1.58. The number of rotatable bonds is 12. The van der Waals surface area contributed by atoms with Crippen molar-refractivity contribution < 1.29 is 27.1 Å². The van der Waals surface area contributed by atoms with Gasteiger partial charge in [-0.25, -0.2) is 0 Å². The van der Waals surface area contributed by atoms with Crippen LogP contribution in [0.25, 0.3) is 22.0 Å². The van der Waals surface area contributed by atoms with Gasteiger partial charge in [0.1, 0.15) is 12.4 Å². The second-order valence-electron chi connectivity index (χ2n) is 9.80. The molecule has 3 aromatic carbocycles. The normalized spacial score (nSPS) is 12.3. The van der Waals surface area contributed by atoms with Crippen molar-refractivity contribution >= 4 is 28.0 Å². The Kier molecular flexibility index (Phi) is 9.78. The fourth-order valence-electron chi connectivity index (χ4n) is 4.50. The minimum atomic E-state index is -4.47. The largest absolute Gasteiger partial charge is 0.492 e. The molecule has 0 saturated carbocycles. The van der Waals surface area contributed by atoms with Crippen molar-refractivity contribution in [2.24, 2.45) is 0 Å². The summed E-state index contributed by atoms with van der Waals surface area (Å²) >= 11 is 0. The minimum Gasteiger partial charge on any atom is -0.492 e. The van der Waals surface area contributed by atoms with Crippen LogP contribution in [0, 0.1) is 5.95 Å². The lowest BCUT2D eigenvalue weighted by Crippen LogP contribution is -2.25. The number of alkyl halides is 3. The first-order valence-corrected chi connectivity index (χ1v) is 13.3. The van der Waals surface area contributed by atoms with Crippen LogP contribution >= 0.6 is 0 Å². The average molecular weight is 569 g/mol. The molecule has 0 fully saturated rings. The zero-order valence-corrected chi connectivity index (χ0v) is 22.9. The number of carbonyl (C=O) groups is 1. The topological polar surface area (TPSA) is 70.2 Å². The molecule has 0 unspecified atom stereocenters. The number of nitrogens with zero attached hydrogens (tertiary/aromatic N) is 2. The molecule has 0 bridgehead atoms. The Bertz CT molecular complexity index is 1480. The highest BCUT2D eigenvalue weighted by atomic mass is 19.4. The lowest BCUT2D eigenvalue weighted by atomic mass is 9.87. The van der Waals surface area contributed by atoms with E-state index in [0.717, 1.165) is 6.42 Å². The summed E-state index contributed by atoms with van der Waals surface area (Å²) in [6.45, 7) is 1.63. The highest BCUT2D eigenvalue weighted by Crippen LogP contribution is 2.40. The van der Waals surface area contributed by atoms with Gasteiger partial charge in [-0.05, 0) is 65.1 Å². The number of aromatic amines is 1. The highest BCUT2D eigenvalue weighted by molar-refractivity contribution is 6.00. The van der Waals surface area contributed by atoms with Crippen LogP contribution in [0.1, 0.15) is 36.0 Å². The molecule has 1 aromatic heterocycles. The van der Waals surface area contributed by atoms with Crippen molar-refractivity contribution in [3.63, 3.8) is 0 Å². The molecule has 4 rings (SSSR count). The van der Waals surface area contributed by atoms with Crippen LogP contribution in [0.3, 0.4) is 0 Å². The zero-order valence-electron chi connectivity index (χ0n) is 22.9. The lowest BCUT2D eigenvalue weighted by molar-refractivity contribution is -0.128. The molecule has 216 valence electrons. The van der Waals surface area contributed by atoms with Crippen LogP contribution in [-0.4, -0.2) is 61.0 Å². The third-order valence-electron chi connectivity index (χ3n) is 6.53. The fourth-order valence-corrected chi connectivity index (χ4v) is 4.50. The van der Waals surface area contributed by atoms with Gasteiger partial charge < -0.3 is 15.0 Å². The monoisotopic (exact) mass is 568 g/mol. The molecule has 0 spiro atoms. The molecule has 6 nitrogen and oxygen atoms in total. The van der Waals surface area contributed by atoms with Crippen molar-refractivity contribution in [3.05, 3.63) is 95.4 Å². The van der Waals surface area contributed by atoms with Gasteiger partial charge in [0.05, 0.1) is 17.3 Å². The molecule has 1 amide bonds. The zero-order chi connectivity index (χ0) is 29.4. The first-order valence-electron chi connectivity index (χ1n) is 13.3. The number of halogens is 4. The van der Waals surface area contributed by atoms with Gasteiger partial charge in [-0.15, -0.1) is 0 Å². The maximum absolute atomic E-state index is 14.4. The number of hydrogen-bond acceptors (Lipinski definition) is 4. The third kappa shape index (κ3) is 8.17. The van der Waals surface area contributed by atoms with E-state index in [1.165, 1.54) is 6.07 Å². The van der Waals surface area contributed by atoms with E-state index in [-0.39, 0.29) is 16.9 Å². The Morgan fingerprint density at radius 3 is 2.34 bits per heavy atom. The number of fused-ring (bicyclic) bond motifs is 1. The molecule has 1 heterocycles. The van der Waals surface area contributed by atoms with E-state index in [4.69, 9.17) is 4.74 Å². The number of benzene rings is 3. The first kappa shape index (κ1) is 29.8. The van der Waals surface area contributed by atoms with Crippen molar-refractivity contribution in [3.8, 4) is 5.75 Å². The molecule has 41 heavy (non-hydrogen) atoms. The third-order valence-corrected chi connectivity index (χ3v) is 6.53. The summed E-state index contributed by atoms with van der Waals surface area (Å²) in [5.74, 6) is -0.0110. The van der Waals surface area contributed by atoms with Gasteiger partial charge in [0.15, 0.2) is 0 Å². The van der Waals surface area contributed by atoms with Crippen molar-refractivity contribution in [1.29, 1.82) is 0 Å². The predicted octanol–water partition coefficient (Wildman–Crippen LogP) is 6.45. The molecule has 0 radical (unpaired) electrons. The minimum absolute atomic E-state index is 0.0759. The number of allylic oxidation sites excluding steroid dienone is 1. The second kappa shape index (κ2) is 13.5. The van der Waals surface area contributed by atoms with E-state index in [9.17, 15) is 22.4 Å². The predicted molar refractivity (Wildman–Crippen MR) is 152 cm³/mol. The van der Waals surface area contributed by atoms with E-state index in [1.807, 2.05) is 0 Å². The SMILES string of the molecule is CN(C)C(=O)CCCNCCOc1ccc(/C(=C(\CC(F)(F)F)c2ccccc2)c2ccc3n[nH]c(F)c3c2)cc1. The summed E-state index contributed by atoms with van der Waals surface area (Å²) in [5.41, 5.74) is 2.19. The summed E-state index contributed by atoms with van der Waals surface area (Å²) in [4.78, 5) is 13.2. The smallest absolute Gasteiger partial charge is 0.393 e. The standard InChI is InChI=1S/C31H32F4N4O2/c1-39(2)28(40)9-6-16-36-17-18-41-24-13-10-22(11-14-24)29(23-12-15-27-25(19-23)30(32)38-37-27)26(20-31(33,34)35)21-7-4-3-5-8-21/h3-5,7-8,10-15,19,36H,6,9,16-18,20H2,1-2H3,(H,37,38)/b29-26-. The maximum Gasteiger partial charge on any atom is 0.393 e. The van der Waals surface area contributed by atoms with E-state index in [0.29, 0.717) is 59.6 Å². The lowest BCUT2D eigenvalue weighted by Gasteiger charge is -2.19. The first-order chi connectivity index (χ1) is 19.6. The molecule has 0 aliphatic heterocycles. The quantitative estimate of drug-likeness (QED) is 0.117. The Labute approximate surface area is 236 Å². The van der Waals surface area contributed by atoms with Gasteiger partial charge in [-0.2, -0.15) is 22.7 Å². The van der Waals surface area contributed by atoms with Crippen molar-refractivity contribution in [2.45, 2.75) is 25.4 Å². The van der Waals surface area contributed by atoms with E-state index >= 15 is 0 Å². The van der Waals surface area contributed by atoms with Gasteiger partial charge in [-0.1, -0.05) is 48.5 Å². The summed E-state index contributed by atoms with van der Waals surface area (Å²) < 4.78 is 61.8. The molecular formula is C31H32F4N4O2. The van der Waals surface area contributed by atoms with Crippen molar-refractivity contribution in [2.75, 3.05) is 33.8 Å².